The third-order valence-corrected chi connectivity index (χ3v) is 3.90. The number of hydrazone groups is 1. The fourth-order valence-electron chi connectivity index (χ4n) is 2.64. The van der Waals surface area contributed by atoms with Crippen LogP contribution in [0.15, 0.2) is 32.9 Å². The summed E-state index contributed by atoms with van der Waals surface area (Å²) in [5.41, 5.74) is -0.787. The Balaban J connectivity index is 1.78. The highest BCUT2D eigenvalue weighted by Gasteiger charge is 2.33. The number of aromatic nitrogens is 3. The van der Waals surface area contributed by atoms with Crippen molar-refractivity contribution in [1.82, 2.24) is 20.2 Å². The van der Waals surface area contributed by atoms with E-state index in [1.54, 1.807) is 18.2 Å². The highest BCUT2D eigenvalue weighted by atomic mass is 16.5. The van der Waals surface area contributed by atoms with Crippen molar-refractivity contribution in [3.8, 4) is 11.5 Å². The average molecular weight is 404 g/mol. The number of carbonyl (C=O) groups excluding carboxylic acids is 1. The molecule has 0 saturated heterocycles. The van der Waals surface area contributed by atoms with Crippen molar-refractivity contribution in [2.75, 3.05) is 25.6 Å². The molecule has 0 unspecified atom stereocenters. The summed E-state index contributed by atoms with van der Waals surface area (Å²) in [4.78, 5) is 36.8. The van der Waals surface area contributed by atoms with Crippen molar-refractivity contribution in [3.63, 3.8) is 0 Å². The van der Waals surface area contributed by atoms with Crippen molar-refractivity contribution in [2.24, 2.45) is 5.10 Å². The van der Waals surface area contributed by atoms with Gasteiger partial charge in [-0.05, 0) is 25.1 Å². The fraction of sp³-hybridized carbons (Fsp3) is 0.353. The second-order valence-corrected chi connectivity index (χ2v) is 5.88. The van der Waals surface area contributed by atoms with Crippen LogP contribution in [0, 0.1) is 0 Å². The standard InChI is InChI=1S/C17H20N6O6/c1-4-28-11-6-5-10(7-12(11)27-3)16-23(9(2)24)22-13(29-16)8-18-14-15(25)19-17(26)21-20-14/h5-7,16H,4,8H2,1-3H3,(H,18,20)(H2,19,21,25,26)/t16-/m0/s1. The molecule has 1 atom stereocenters. The fourth-order valence-corrected chi connectivity index (χ4v) is 2.64. The number of rotatable bonds is 7. The van der Waals surface area contributed by atoms with Gasteiger partial charge in [-0.2, -0.15) is 5.01 Å². The monoisotopic (exact) mass is 404 g/mol. The van der Waals surface area contributed by atoms with Crippen LogP contribution < -0.4 is 26.0 Å². The minimum absolute atomic E-state index is 0.0312. The second kappa shape index (κ2) is 8.46. The van der Waals surface area contributed by atoms with Crippen molar-refractivity contribution >= 4 is 17.6 Å². The van der Waals surface area contributed by atoms with Gasteiger partial charge in [0.15, 0.2) is 11.5 Å². The molecule has 0 saturated carbocycles. The minimum atomic E-state index is -0.810. The van der Waals surface area contributed by atoms with E-state index < -0.39 is 17.5 Å². The molecule has 29 heavy (non-hydrogen) atoms. The summed E-state index contributed by atoms with van der Waals surface area (Å²) >= 11 is 0. The summed E-state index contributed by atoms with van der Waals surface area (Å²) in [7, 11) is 1.51. The molecule has 1 aromatic carbocycles. The van der Waals surface area contributed by atoms with Gasteiger partial charge in [-0.25, -0.2) is 9.89 Å². The number of hydrogen-bond acceptors (Lipinski definition) is 9. The maximum atomic E-state index is 12.0. The molecule has 2 heterocycles. The van der Waals surface area contributed by atoms with E-state index in [9.17, 15) is 14.4 Å². The summed E-state index contributed by atoms with van der Waals surface area (Å²) in [5.74, 6) is 0.768. The number of anilines is 1. The zero-order valence-corrected chi connectivity index (χ0v) is 16.0. The van der Waals surface area contributed by atoms with E-state index in [4.69, 9.17) is 14.2 Å². The van der Waals surface area contributed by atoms with E-state index in [2.05, 4.69) is 20.6 Å². The maximum Gasteiger partial charge on any atom is 0.342 e. The zero-order valence-electron chi connectivity index (χ0n) is 16.0. The van der Waals surface area contributed by atoms with Crippen LogP contribution in [0.5, 0.6) is 11.5 Å². The molecule has 12 nitrogen and oxygen atoms in total. The third-order valence-electron chi connectivity index (χ3n) is 3.90. The van der Waals surface area contributed by atoms with Crippen LogP contribution in [0.25, 0.3) is 0 Å². The number of H-pyrrole nitrogens is 2. The first-order valence-electron chi connectivity index (χ1n) is 8.70. The second-order valence-electron chi connectivity index (χ2n) is 5.88. The van der Waals surface area contributed by atoms with Gasteiger partial charge in [-0.1, -0.05) is 0 Å². The molecular weight excluding hydrogens is 384 g/mol. The molecule has 1 aliphatic rings. The predicted molar refractivity (Wildman–Crippen MR) is 102 cm³/mol. The van der Waals surface area contributed by atoms with E-state index in [1.165, 1.54) is 19.0 Å². The molecule has 3 N–H and O–H groups in total. The van der Waals surface area contributed by atoms with E-state index in [0.29, 0.717) is 23.7 Å². The number of hydrogen-bond donors (Lipinski definition) is 3. The first-order chi connectivity index (χ1) is 13.9. The van der Waals surface area contributed by atoms with Crippen molar-refractivity contribution in [2.45, 2.75) is 20.1 Å². The Morgan fingerprint density at radius 1 is 1.34 bits per heavy atom. The average Bonchev–Trinajstić information content (AvgIpc) is 3.12. The highest BCUT2D eigenvalue weighted by molar-refractivity contribution is 5.85. The van der Waals surface area contributed by atoms with Gasteiger partial charge in [0.05, 0.1) is 20.3 Å². The van der Waals surface area contributed by atoms with E-state index >= 15 is 0 Å². The molecule has 0 radical (unpaired) electrons. The molecule has 1 aliphatic heterocycles. The molecule has 1 amide bonds. The Hall–Kier alpha value is -3.83. The molecular formula is C17H20N6O6. The largest absolute Gasteiger partial charge is 0.493 e. The first-order valence-corrected chi connectivity index (χ1v) is 8.70. The van der Waals surface area contributed by atoms with Gasteiger partial charge in [0.1, 0.15) is 0 Å². The van der Waals surface area contributed by atoms with Crippen molar-refractivity contribution < 1.29 is 19.0 Å². The summed E-state index contributed by atoms with van der Waals surface area (Å²) in [5, 5.41) is 13.7. The Labute approximate surface area is 164 Å². The summed E-state index contributed by atoms with van der Waals surface area (Å²) in [6.07, 6.45) is -0.810. The van der Waals surface area contributed by atoms with E-state index in [1.807, 2.05) is 11.9 Å². The molecule has 2 aromatic rings. The molecule has 0 spiro atoms. The smallest absolute Gasteiger partial charge is 0.342 e. The Morgan fingerprint density at radius 2 is 2.14 bits per heavy atom. The van der Waals surface area contributed by atoms with Gasteiger partial charge in [0.25, 0.3) is 5.56 Å². The molecule has 1 aromatic heterocycles. The Bertz CT molecular complexity index is 1050. The number of benzene rings is 1. The lowest BCUT2D eigenvalue weighted by molar-refractivity contribution is -0.135. The number of nitrogens with zero attached hydrogens (tertiary/aromatic N) is 3. The molecule has 0 aliphatic carbocycles. The molecule has 154 valence electrons. The van der Waals surface area contributed by atoms with Gasteiger partial charge in [-0.3, -0.25) is 14.6 Å². The topological polar surface area (TPSA) is 151 Å². The molecule has 3 rings (SSSR count). The maximum absolute atomic E-state index is 12.0. The summed E-state index contributed by atoms with van der Waals surface area (Å²) < 4.78 is 16.6. The van der Waals surface area contributed by atoms with Gasteiger partial charge in [-0.15, -0.1) is 10.2 Å². The number of amides is 1. The number of carbonyl (C=O) groups is 1. The quantitative estimate of drug-likeness (QED) is 0.591. The third kappa shape index (κ3) is 4.36. The number of nitrogens with one attached hydrogen (secondary N) is 3. The lowest BCUT2D eigenvalue weighted by atomic mass is 10.1. The summed E-state index contributed by atoms with van der Waals surface area (Å²) in [6, 6.07) is 5.17. The van der Waals surface area contributed by atoms with Crippen molar-refractivity contribution in [1.29, 1.82) is 0 Å². The van der Waals surface area contributed by atoms with Crippen LogP contribution in [-0.4, -0.2) is 52.3 Å². The van der Waals surface area contributed by atoms with E-state index in [0.717, 1.165) is 0 Å². The van der Waals surface area contributed by atoms with Crippen LogP contribution in [0.3, 0.4) is 0 Å². The lowest BCUT2D eigenvalue weighted by Gasteiger charge is -2.20. The number of methoxy groups -OCH3 is 1. The van der Waals surface area contributed by atoms with Crippen LogP contribution in [0.4, 0.5) is 5.82 Å². The number of aromatic amines is 2. The normalized spacial score (nSPS) is 15.5. The predicted octanol–water partition coefficient (Wildman–Crippen LogP) is 0.168. The van der Waals surface area contributed by atoms with Crippen LogP contribution in [0.1, 0.15) is 25.6 Å². The molecule has 0 bridgehead atoms. The number of ether oxygens (including phenoxy) is 3. The lowest BCUT2D eigenvalue weighted by Crippen LogP contribution is -2.28. The van der Waals surface area contributed by atoms with Crippen molar-refractivity contribution in [3.05, 3.63) is 44.6 Å². The van der Waals surface area contributed by atoms with Crippen LogP contribution >= 0.6 is 0 Å². The van der Waals surface area contributed by atoms with Gasteiger partial charge in [0.2, 0.25) is 23.9 Å². The van der Waals surface area contributed by atoms with Gasteiger partial charge < -0.3 is 19.5 Å². The first kappa shape index (κ1) is 19.9. The Kier molecular flexibility index (Phi) is 5.81. The molecule has 12 heteroatoms. The van der Waals surface area contributed by atoms with E-state index in [-0.39, 0.29) is 24.2 Å². The molecule has 0 fully saturated rings. The van der Waals surface area contributed by atoms with Crippen LogP contribution in [0.2, 0.25) is 0 Å². The summed E-state index contributed by atoms with van der Waals surface area (Å²) in [6.45, 7) is 3.67. The van der Waals surface area contributed by atoms with Gasteiger partial charge in [0, 0.05) is 12.5 Å². The highest BCUT2D eigenvalue weighted by Crippen LogP contribution is 2.35. The SMILES string of the molecule is CCOc1ccc([C@@H]2OC(CNc3n[nH]c(=O)[nH]c3=O)=NN2C(C)=O)cc1OC. The van der Waals surface area contributed by atoms with Gasteiger partial charge >= 0.3 is 5.69 Å². The zero-order chi connectivity index (χ0) is 21.0. The van der Waals surface area contributed by atoms with Crippen LogP contribution in [-0.2, 0) is 9.53 Å². The Morgan fingerprint density at radius 3 is 2.79 bits per heavy atom. The minimum Gasteiger partial charge on any atom is -0.493 e.